The van der Waals surface area contributed by atoms with Crippen molar-refractivity contribution >= 4 is 5.97 Å². The molecule has 0 N–H and O–H groups in total. The topological polar surface area (TPSA) is 54.0 Å². The van der Waals surface area contributed by atoms with Crippen LogP contribution in [0.2, 0.25) is 0 Å². The van der Waals surface area contributed by atoms with Crippen molar-refractivity contribution in [1.29, 1.82) is 0 Å². The maximum atomic E-state index is 12.3. The van der Waals surface area contributed by atoms with Crippen molar-refractivity contribution in [1.82, 2.24) is 0 Å². The summed E-state index contributed by atoms with van der Waals surface area (Å²) in [4.78, 5) is 12.3. The lowest BCUT2D eigenvalue weighted by molar-refractivity contribution is -0.141. The summed E-state index contributed by atoms with van der Waals surface area (Å²) in [5, 5.41) is 0. The Labute approximate surface area is 154 Å². The molecule has 2 aliphatic rings. The molecule has 5 heteroatoms. The lowest BCUT2D eigenvalue weighted by Gasteiger charge is -2.19. The first kappa shape index (κ1) is 18.4. The zero-order chi connectivity index (χ0) is 18.5. The molecule has 0 amide bonds. The fourth-order valence-electron chi connectivity index (χ4n) is 3.53. The van der Waals surface area contributed by atoms with Crippen molar-refractivity contribution in [2.45, 2.75) is 19.3 Å². The first-order valence-electron chi connectivity index (χ1n) is 8.80. The largest absolute Gasteiger partial charge is 0.501 e. The summed E-state index contributed by atoms with van der Waals surface area (Å²) in [5.74, 6) is 2.15. The monoisotopic (exact) mass is 357 g/mol. The fraction of sp³-hybridized carbons (Fsp3) is 0.429. The third kappa shape index (κ3) is 4.03. The van der Waals surface area contributed by atoms with E-state index in [0.717, 1.165) is 29.7 Å². The molecule has 1 fully saturated rings. The van der Waals surface area contributed by atoms with Crippen LogP contribution in [-0.4, -0.2) is 33.9 Å². The smallest absolute Gasteiger partial charge is 0.309 e. The lowest BCUT2D eigenvalue weighted by Crippen LogP contribution is -2.19. The highest BCUT2D eigenvalue weighted by molar-refractivity contribution is 5.75. The van der Waals surface area contributed by atoms with Gasteiger partial charge in [0, 0.05) is 12.3 Å². The number of ether oxygens (including phenoxy) is 4. The van der Waals surface area contributed by atoms with E-state index in [-0.39, 0.29) is 17.8 Å². The molecular weight excluding hydrogens is 332 g/mol. The normalized spacial score (nSPS) is 22.3. The van der Waals surface area contributed by atoms with Gasteiger partial charge in [-0.3, -0.25) is 4.79 Å². The van der Waals surface area contributed by atoms with Crippen LogP contribution in [0.4, 0.5) is 0 Å². The van der Waals surface area contributed by atoms with E-state index in [9.17, 15) is 4.79 Å². The van der Waals surface area contributed by atoms with Gasteiger partial charge in [0.15, 0.2) is 11.5 Å². The van der Waals surface area contributed by atoms with Crippen LogP contribution in [0.5, 0.6) is 11.5 Å². The Morgan fingerprint density at radius 2 is 1.88 bits per heavy atom. The van der Waals surface area contributed by atoms with E-state index < -0.39 is 0 Å². The lowest BCUT2D eigenvalue weighted by atomic mass is 9.84. The highest BCUT2D eigenvalue weighted by Crippen LogP contribution is 2.35. The van der Waals surface area contributed by atoms with E-state index in [1.165, 1.54) is 0 Å². The molecule has 0 aromatic heterocycles. The van der Waals surface area contributed by atoms with Gasteiger partial charge < -0.3 is 18.9 Å². The second-order valence-electron chi connectivity index (χ2n) is 6.56. The molecule has 1 aromatic carbocycles. The maximum absolute atomic E-state index is 12.3. The van der Waals surface area contributed by atoms with Crippen LogP contribution in [-0.2, 0) is 20.7 Å². The first-order chi connectivity index (χ1) is 12.6. The Hall–Kier alpha value is -2.43. The van der Waals surface area contributed by atoms with Crippen LogP contribution in [0.1, 0.15) is 18.4 Å². The van der Waals surface area contributed by atoms with Crippen LogP contribution in [0, 0.1) is 18.3 Å². The molecule has 139 valence electrons. The molecule has 1 aromatic rings. The number of cyclic esters (lactones) is 1. The molecule has 1 saturated heterocycles. The van der Waals surface area contributed by atoms with Gasteiger partial charge in [-0.05, 0) is 48.6 Å². The molecule has 1 aliphatic heterocycles. The molecule has 3 rings (SSSR count). The summed E-state index contributed by atoms with van der Waals surface area (Å²) in [5.41, 5.74) is 2.24. The molecule has 1 aliphatic carbocycles. The maximum Gasteiger partial charge on any atom is 0.309 e. The minimum absolute atomic E-state index is 0.113. The van der Waals surface area contributed by atoms with E-state index in [0.29, 0.717) is 24.5 Å². The number of carbonyl (C=O) groups is 1. The second kappa shape index (κ2) is 8.30. The van der Waals surface area contributed by atoms with Crippen LogP contribution < -0.4 is 9.47 Å². The number of hydrogen-bond donors (Lipinski definition) is 0. The zero-order valence-corrected chi connectivity index (χ0v) is 15.5. The number of methoxy groups -OCH3 is 3. The third-order valence-electron chi connectivity index (χ3n) is 4.98. The van der Waals surface area contributed by atoms with Crippen molar-refractivity contribution in [3.05, 3.63) is 53.7 Å². The molecule has 1 radical (unpaired) electrons. The average Bonchev–Trinajstić information content (AvgIpc) is 3.01. The SMILES string of the molecule is COC1=CC(C[C@H]2C(=O)OC[C@@H]2Cc2ccc(OC)c(OC)c2)=CC[CH]1. The highest BCUT2D eigenvalue weighted by Gasteiger charge is 2.37. The second-order valence-corrected chi connectivity index (χ2v) is 6.56. The standard InChI is InChI=1S/C21H25O5/c1-23-17-6-4-5-14(10-17)11-18-16(13-26-21(18)22)9-15-7-8-19(24-2)20(12-15)25-3/h5-8,10,12,16,18H,4,9,11,13H2,1-3H3/t16-,18+/m0/s1. The highest BCUT2D eigenvalue weighted by atomic mass is 16.5. The predicted octanol–water partition coefficient (Wildman–Crippen LogP) is 3.49. The summed E-state index contributed by atoms with van der Waals surface area (Å²) in [6, 6.07) is 5.88. The van der Waals surface area contributed by atoms with Crippen molar-refractivity contribution in [2.24, 2.45) is 11.8 Å². The summed E-state index contributed by atoms with van der Waals surface area (Å²) in [6.07, 6.45) is 8.44. The molecule has 0 bridgehead atoms. The summed E-state index contributed by atoms with van der Waals surface area (Å²) >= 11 is 0. The molecular formula is C21H25O5. The molecule has 0 spiro atoms. The predicted molar refractivity (Wildman–Crippen MR) is 97.9 cm³/mol. The van der Waals surface area contributed by atoms with Crippen LogP contribution in [0.25, 0.3) is 0 Å². The number of rotatable bonds is 7. The van der Waals surface area contributed by atoms with E-state index in [1.54, 1.807) is 21.3 Å². The van der Waals surface area contributed by atoms with Gasteiger partial charge in [0.1, 0.15) is 0 Å². The minimum Gasteiger partial charge on any atom is -0.501 e. The average molecular weight is 357 g/mol. The first-order valence-corrected chi connectivity index (χ1v) is 8.80. The minimum atomic E-state index is -0.137. The van der Waals surface area contributed by atoms with Crippen LogP contribution in [0.3, 0.4) is 0 Å². The fourth-order valence-corrected chi connectivity index (χ4v) is 3.53. The summed E-state index contributed by atoms with van der Waals surface area (Å²) in [7, 11) is 4.90. The molecule has 2 atom stereocenters. The van der Waals surface area contributed by atoms with Gasteiger partial charge in [0.05, 0.1) is 39.6 Å². The van der Waals surface area contributed by atoms with E-state index in [1.807, 2.05) is 30.7 Å². The molecule has 5 nitrogen and oxygen atoms in total. The Morgan fingerprint density at radius 1 is 1.08 bits per heavy atom. The van der Waals surface area contributed by atoms with Gasteiger partial charge in [0.2, 0.25) is 0 Å². The zero-order valence-electron chi connectivity index (χ0n) is 15.5. The number of esters is 1. The van der Waals surface area contributed by atoms with Crippen molar-refractivity contribution in [2.75, 3.05) is 27.9 Å². The van der Waals surface area contributed by atoms with Crippen molar-refractivity contribution < 1.29 is 23.7 Å². The van der Waals surface area contributed by atoms with Crippen molar-refractivity contribution in [3.8, 4) is 11.5 Å². The van der Waals surface area contributed by atoms with Gasteiger partial charge in [-0.25, -0.2) is 0 Å². The molecule has 0 unspecified atom stereocenters. The van der Waals surface area contributed by atoms with Gasteiger partial charge >= 0.3 is 5.97 Å². The molecule has 1 heterocycles. The molecule has 0 saturated carbocycles. The number of hydrogen-bond acceptors (Lipinski definition) is 5. The van der Waals surface area contributed by atoms with Crippen LogP contribution >= 0.6 is 0 Å². The van der Waals surface area contributed by atoms with E-state index in [4.69, 9.17) is 18.9 Å². The molecule has 26 heavy (non-hydrogen) atoms. The van der Waals surface area contributed by atoms with Crippen molar-refractivity contribution in [3.63, 3.8) is 0 Å². The number of carbonyl (C=O) groups excluding carboxylic acids is 1. The quantitative estimate of drug-likeness (QED) is 0.699. The number of benzene rings is 1. The summed E-state index contributed by atoms with van der Waals surface area (Å²) < 4.78 is 21.3. The van der Waals surface area contributed by atoms with E-state index >= 15 is 0 Å². The Bertz CT molecular complexity index is 719. The van der Waals surface area contributed by atoms with E-state index in [2.05, 4.69) is 6.08 Å². The van der Waals surface area contributed by atoms with Crippen LogP contribution in [0.15, 0.2) is 41.7 Å². The Kier molecular flexibility index (Phi) is 5.86. The van der Waals surface area contributed by atoms with Gasteiger partial charge in [-0.1, -0.05) is 12.1 Å². The summed E-state index contributed by atoms with van der Waals surface area (Å²) in [6.45, 7) is 0.456. The van der Waals surface area contributed by atoms with Gasteiger partial charge in [-0.15, -0.1) is 0 Å². The van der Waals surface area contributed by atoms with Gasteiger partial charge in [0.25, 0.3) is 0 Å². The third-order valence-corrected chi connectivity index (χ3v) is 4.98. The number of allylic oxidation sites excluding steroid dienone is 4. The Balaban J connectivity index is 1.72. The Morgan fingerprint density at radius 3 is 2.62 bits per heavy atom. The van der Waals surface area contributed by atoms with Gasteiger partial charge in [-0.2, -0.15) is 0 Å².